The highest BCUT2D eigenvalue weighted by molar-refractivity contribution is 6.03. The minimum atomic E-state index is -0.934. The Morgan fingerprint density at radius 1 is 1.20 bits per heavy atom. The molecule has 1 aromatic heterocycles. The summed E-state index contributed by atoms with van der Waals surface area (Å²) < 4.78 is 33.7. The van der Waals surface area contributed by atoms with Crippen molar-refractivity contribution in [2.24, 2.45) is 0 Å². The molecule has 164 valence electrons. The van der Waals surface area contributed by atoms with Crippen molar-refractivity contribution in [2.75, 3.05) is 18.5 Å². The van der Waals surface area contributed by atoms with Crippen LogP contribution < -0.4 is 10.8 Å². The van der Waals surface area contributed by atoms with E-state index in [1.165, 1.54) is 18.2 Å². The van der Waals surface area contributed by atoms with Crippen LogP contribution in [0.15, 0.2) is 28.8 Å². The number of aromatic nitrogens is 2. The standard InChI is InChI=1S/C16H14F2N4O4.2C2H6/c1-8-2-3-11(10(17)6-8)19-14-9(16(24)21-25-5-4-23)7-12-15(13(14)18)20-22-26-12;2*1-2/h2-3,6-7,19,23H,4-5H2,1H3,(H,21,24);2*1-2H3. The van der Waals surface area contributed by atoms with Crippen molar-refractivity contribution in [1.82, 2.24) is 15.9 Å². The number of hydrogen-bond acceptors (Lipinski definition) is 7. The summed E-state index contributed by atoms with van der Waals surface area (Å²) >= 11 is 0. The molecule has 0 atom stereocenters. The molecule has 0 fully saturated rings. The molecule has 0 aliphatic heterocycles. The van der Waals surface area contributed by atoms with Crippen molar-refractivity contribution >= 4 is 28.4 Å². The van der Waals surface area contributed by atoms with Gasteiger partial charge < -0.3 is 14.9 Å². The normalized spacial score (nSPS) is 9.87. The molecule has 0 saturated heterocycles. The van der Waals surface area contributed by atoms with Crippen LogP contribution in [0.4, 0.5) is 20.2 Å². The minimum absolute atomic E-state index is 0.0318. The number of aliphatic hydroxyl groups is 1. The minimum Gasteiger partial charge on any atom is -0.394 e. The van der Waals surface area contributed by atoms with Gasteiger partial charge in [-0.15, -0.1) is 5.10 Å². The Labute approximate surface area is 173 Å². The average molecular weight is 424 g/mol. The summed E-state index contributed by atoms with van der Waals surface area (Å²) in [7, 11) is 0. The predicted molar refractivity (Wildman–Crippen MR) is 109 cm³/mol. The zero-order chi connectivity index (χ0) is 22.7. The van der Waals surface area contributed by atoms with Crippen LogP contribution in [0, 0.1) is 18.6 Å². The molecule has 0 unspecified atom stereocenters. The quantitative estimate of drug-likeness (QED) is 0.401. The van der Waals surface area contributed by atoms with E-state index >= 15 is 0 Å². The molecule has 0 saturated carbocycles. The third kappa shape index (κ3) is 5.94. The maximum Gasteiger partial charge on any atom is 0.277 e. The number of aryl methyl sites for hydroxylation is 1. The molecule has 2 aromatic carbocycles. The van der Waals surface area contributed by atoms with Gasteiger partial charge >= 0.3 is 0 Å². The highest BCUT2D eigenvalue weighted by Gasteiger charge is 2.23. The Balaban J connectivity index is 0.00000106. The summed E-state index contributed by atoms with van der Waals surface area (Å²) in [6.45, 7) is 9.23. The predicted octanol–water partition coefficient (Wildman–Crippen LogP) is 4.26. The maximum absolute atomic E-state index is 14.8. The van der Waals surface area contributed by atoms with E-state index in [1.54, 1.807) is 13.0 Å². The van der Waals surface area contributed by atoms with Gasteiger partial charge in [0, 0.05) is 11.3 Å². The molecule has 3 N–H and O–H groups in total. The van der Waals surface area contributed by atoms with Crippen LogP contribution in [-0.2, 0) is 4.84 Å². The summed E-state index contributed by atoms with van der Waals surface area (Å²) in [6.07, 6.45) is 0. The summed E-state index contributed by atoms with van der Waals surface area (Å²) in [4.78, 5) is 17.0. The van der Waals surface area contributed by atoms with Crippen molar-refractivity contribution in [3.8, 4) is 0 Å². The summed E-state index contributed by atoms with van der Waals surface area (Å²) in [6, 6.07) is 5.51. The van der Waals surface area contributed by atoms with Crippen molar-refractivity contribution in [2.45, 2.75) is 34.6 Å². The van der Waals surface area contributed by atoms with Crippen molar-refractivity contribution < 1.29 is 28.0 Å². The molecule has 30 heavy (non-hydrogen) atoms. The molecule has 8 nitrogen and oxygen atoms in total. The third-order valence-electron chi connectivity index (χ3n) is 3.47. The number of fused-ring (bicyclic) bond motifs is 1. The number of benzene rings is 2. The molecule has 10 heteroatoms. The summed E-state index contributed by atoms with van der Waals surface area (Å²) in [5.41, 5.74) is 1.89. The zero-order valence-corrected chi connectivity index (χ0v) is 17.5. The van der Waals surface area contributed by atoms with E-state index in [0.717, 1.165) is 0 Å². The fourth-order valence-corrected chi connectivity index (χ4v) is 2.26. The Morgan fingerprint density at radius 2 is 1.90 bits per heavy atom. The molecule has 1 heterocycles. The second kappa shape index (κ2) is 12.5. The molecule has 3 aromatic rings. The number of rotatable bonds is 6. The Morgan fingerprint density at radius 3 is 2.53 bits per heavy atom. The van der Waals surface area contributed by atoms with Gasteiger partial charge in [0.1, 0.15) is 5.82 Å². The molecular formula is C20H26F2N4O4. The molecular weight excluding hydrogens is 398 g/mol. The lowest BCUT2D eigenvalue weighted by atomic mass is 10.1. The van der Waals surface area contributed by atoms with Crippen LogP contribution in [0.5, 0.6) is 0 Å². The molecule has 1 amide bonds. The van der Waals surface area contributed by atoms with Gasteiger partial charge in [-0.1, -0.05) is 33.8 Å². The number of aliphatic hydroxyl groups excluding tert-OH is 1. The second-order valence-corrected chi connectivity index (χ2v) is 5.34. The first kappa shape index (κ1) is 24.9. The van der Waals surface area contributed by atoms with Gasteiger partial charge in [-0.2, -0.15) is 0 Å². The number of carbonyl (C=O) groups is 1. The first-order chi connectivity index (χ1) is 14.5. The SMILES string of the molecule is CC.CC.Cc1ccc(Nc2c(C(=O)NOCCO)cc3onnc3c2F)c(F)c1. The lowest BCUT2D eigenvalue weighted by Gasteiger charge is -2.14. The van der Waals surface area contributed by atoms with Gasteiger partial charge in [0.2, 0.25) is 0 Å². The Hall–Kier alpha value is -3.11. The molecule has 0 aliphatic carbocycles. The van der Waals surface area contributed by atoms with E-state index in [4.69, 9.17) is 14.5 Å². The van der Waals surface area contributed by atoms with E-state index in [1.807, 2.05) is 27.7 Å². The molecule has 0 aliphatic rings. The van der Waals surface area contributed by atoms with Crippen LogP contribution in [0.1, 0.15) is 43.6 Å². The van der Waals surface area contributed by atoms with Gasteiger partial charge in [0.15, 0.2) is 16.9 Å². The first-order valence-electron chi connectivity index (χ1n) is 9.52. The van der Waals surface area contributed by atoms with E-state index < -0.39 is 17.5 Å². The number of anilines is 2. The lowest BCUT2D eigenvalue weighted by molar-refractivity contribution is 0.0169. The van der Waals surface area contributed by atoms with Crippen LogP contribution >= 0.6 is 0 Å². The number of amides is 1. The van der Waals surface area contributed by atoms with E-state index in [2.05, 4.69) is 21.2 Å². The number of hydrogen-bond donors (Lipinski definition) is 3. The summed E-state index contributed by atoms with van der Waals surface area (Å²) in [5.74, 6) is -2.38. The van der Waals surface area contributed by atoms with Crippen molar-refractivity contribution in [3.63, 3.8) is 0 Å². The maximum atomic E-state index is 14.8. The smallest absolute Gasteiger partial charge is 0.277 e. The molecule has 0 spiro atoms. The highest BCUT2D eigenvalue weighted by Crippen LogP contribution is 2.31. The average Bonchev–Trinajstić information content (AvgIpc) is 3.23. The topological polar surface area (TPSA) is 110 Å². The van der Waals surface area contributed by atoms with Gasteiger partial charge in [0.05, 0.1) is 30.2 Å². The number of nitrogens with one attached hydrogen (secondary N) is 2. The first-order valence-corrected chi connectivity index (χ1v) is 9.52. The van der Waals surface area contributed by atoms with Crippen LogP contribution in [0.3, 0.4) is 0 Å². The third-order valence-corrected chi connectivity index (χ3v) is 3.47. The molecule has 0 radical (unpaired) electrons. The highest BCUT2D eigenvalue weighted by atomic mass is 19.1. The van der Waals surface area contributed by atoms with Crippen LogP contribution in [-0.4, -0.2) is 34.6 Å². The summed E-state index contributed by atoms with van der Waals surface area (Å²) in [5, 5.41) is 18.0. The van der Waals surface area contributed by atoms with Gasteiger partial charge in [-0.25, -0.2) is 14.3 Å². The van der Waals surface area contributed by atoms with Gasteiger partial charge in [-0.3, -0.25) is 9.63 Å². The molecule has 0 bridgehead atoms. The van der Waals surface area contributed by atoms with E-state index in [9.17, 15) is 13.6 Å². The Kier molecular flexibility index (Phi) is 10.3. The largest absolute Gasteiger partial charge is 0.394 e. The zero-order valence-electron chi connectivity index (χ0n) is 17.5. The fraction of sp³-hybridized carbons (Fsp3) is 0.350. The number of nitrogens with zero attached hydrogens (tertiary/aromatic N) is 2. The van der Waals surface area contributed by atoms with Crippen molar-refractivity contribution in [1.29, 1.82) is 0 Å². The van der Waals surface area contributed by atoms with Gasteiger partial charge in [-0.05, 0) is 24.6 Å². The van der Waals surface area contributed by atoms with Crippen LogP contribution in [0.2, 0.25) is 0 Å². The molecule has 3 rings (SSSR count). The monoisotopic (exact) mass is 424 g/mol. The van der Waals surface area contributed by atoms with Crippen LogP contribution in [0.25, 0.3) is 11.1 Å². The second-order valence-electron chi connectivity index (χ2n) is 5.34. The van der Waals surface area contributed by atoms with Crippen molar-refractivity contribution in [3.05, 3.63) is 47.0 Å². The number of halogens is 2. The number of carbonyl (C=O) groups excluding carboxylic acids is 1. The van der Waals surface area contributed by atoms with E-state index in [0.29, 0.717) is 5.56 Å². The number of hydroxylamine groups is 1. The lowest BCUT2D eigenvalue weighted by Crippen LogP contribution is -2.26. The van der Waals surface area contributed by atoms with Gasteiger partial charge in [0.25, 0.3) is 5.91 Å². The Bertz CT molecular complexity index is 963. The van der Waals surface area contributed by atoms with E-state index in [-0.39, 0.29) is 41.3 Å². The fourth-order valence-electron chi connectivity index (χ4n) is 2.26.